The summed E-state index contributed by atoms with van der Waals surface area (Å²) in [6, 6.07) is 0. The first-order chi connectivity index (χ1) is 5.36. The van der Waals surface area contributed by atoms with Gasteiger partial charge in [-0.1, -0.05) is 0 Å². The summed E-state index contributed by atoms with van der Waals surface area (Å²) in [6.45, 7) is -0.0134. The molecule has 4 heteroatoms. The number of hydrogen-bond acceptors (Lipinski definition) is 3. The van der Waals surface area contributed by atoms with Gasteiger partial charge in [0.05, 0.1) is 5.69 Å². The molecule has 3 nitrogen and oxygen atoms in total. The maximum absolute atomic E-state index is 11.9. The van der Waals surface area contributed by atoms with Gasteiger partial charge in [0, 0.05) is 0 Å². The standard InChI is InChI=1S/C7H11FN2O/c8-4-7-10-6(5-11-7)2-1-3-9/h5H,1-4,9H2. The maximum atomic E-state index is 11.9. The van der Waals surface area contributed by atoms with E-state index in [0.717, 1.165) is 18.5 Å². The summed E-state index contributed by atoms with van der Waals surface area (Å²) in [7, 11) is 0. The Morgan fingerprint density at radius 3 is 3.00 bits per heavy atom. The number of hydrogen-bond donors (Lipinski definition) is 1. The molecule has 0 spiro atoms. The van der Waals surface area contributed by atoms with Crippen molar-refractivity contribution in [3.8, 4) is 0 Å². The first kappa shape index (κ1) is 8.20. The quantitative estimate of drug-likeness (QED) is 0.712. The zero-order chi connectivity index (χ0) is 8.10. The van der Waals surface area contributed by atoms with E-state index >= 15 is 0 Å². The van der Waals surface area contributed by atoms with Gasteiger partial charge in [-0.2, -0.15) is 0 Å². The van der Waals surface area contributed by atoms with E-state index in [1.54, 1.807) is 0 Å². The van der Waals surface area contributed by atoms with E-state index in [1.807, 2.05) is 0 Å². The van der Waals surface area contributed by atoms with Gasteiger partial charge in [-0.25, -0.2) is 9.37 Å². The molecule has 0 aromatic carbocycles. The largest absolute Gasteiger partial charge is 0.446 e. The number of rotatable bonds is 4. The van der Waals surface area contributed by atoms with E-state index in [-0.39, 0.29) is 5.89 Å². The monoisotopic (exact) mass is 158 g/mol. The number of nitrogens with zero attached hydrogens (tertiary/aromatic N) is 1. The van der Waals surface area contributed by atoms with Gasteiger partial charge in [-0.3, -0.25) is 0 Å². The fourth-order valence-electron chi connectivity index (χ4n) is 0.808. The Bertz CT molecular complexity index is 212. The van der Waals surface area contributed by atoms with Crippen molar-refractivity contribution in [1.82, 2.24) is 4.98 Å². The summed E-state index contributed by atoms with van der Waals surface area (Å²) in [5.41, 5.74) is 6.06. The second-order valence-corrected chi connectivity index (χ2v) is 2.26. The van der Waals surface area contributed by atoms with Crippen molar-refractivity contribution in [2.24, 2.45) is 5.73 Å². The highest BCUT2D eigenvalue weighted by atomic mass is 19.1. The van der Waals surface area contributed by atoms with Crippen molar-refractivity contribution in [2.45, 2.75) is 19.5 Å². The number of oxazole rings is 1. The second kappa shape index (κ2) is 4.08. The average Bonchev–Trinajstić information content (AvgIpc) is 2.48. The molecule has 0 saturated heterocycles. The van der Waals surface area contributed by atoms with Crippen LogP contribution in [0.4, 0.5) is 4.39 Å². The topological polar surface area (TPSA) is 52.0 Å². The minimum Gasteiger partial charge on any atom is -0.446 e. The van der Waals surface area contributed by atoms with E-state index in [1.165, 1.54) is 6.26 Å². The lowest BCUT2D eigenvalue weighted by Crippen LogP contribution is -2.00. The van der Waals surface area contributed by atoms with Crippen molar-refractivity contribution in [1.29, 1.82) is 0 Å². The summed E-state index contributed by atoms with van der Waals surface area (Å²) in [5.74, 6) is 0.150. The lowest BCUT2D eigenvalue weighted by atomic mass is 10.2. The molecule has 0 aliphatic heterocycles. The number of aryl methyl sites for hydroxylation is 1. The van der Waals surface area contributed by atoms with Crippen molar-refractivity contribution < 1.29 is 8.81 Å². The van der Waals surface area contributed by atoms with E-state index in [4.69, 9.17) is 10.2 Å². The van der Waals surface area contributed by atoms with Crippen LogP contribution in [0.1, 0.15) is 18.0 Å². The Kier molecular flexibility index (Phi) is 3.04. The zero-order valence-corrected chi connectivity index (χ0v) is 6.22. The van der Waals surface area contributed by atoms with Crippen LogP contribution >= 0.6 is 0 Å². The third-order valence-corrected chi connectivity index (χ3v) is 1.35. The first-order valence-corrected chi connectivity index (χ1v) is 3.56. The van der Waals surface area contributed by atoms with Crippen LogP contribution < -0.4 is 5.73 Å². The molecule has 0 atom stereocenters. The van der Waals surface area contributed by atoms with Crippen molar-refractivity contribution >= 4 is 0 Å². The fraction of sp³-hybridized carbons (Fsp3) is 0.571. The summed E-state index contributed by atoms with van der Waals surface area (Å²) < 4.78 is 16.7. The molecular formula is C7H11FN2O. The van der Waals surface area contributed by atoms with Crippen LogP contribution in [0.25, 0.3) is 0 Å². The van der Waals surface area contributed by atoms with Crippen LogP contribution in [0.2, 0.25) is 0 Å². The van der Waals surface area contributed by atoms with E-state index < -0.39 is 6.67 Å². The highest BCUT2D eigenvalue weighted by Gasteiger charge is 2.01. The third kappa shape index (κ3) is 2.31. The molecule has 0 fully saturated rings. The summed E-state index contributed by atoms with van der Waals surface area (Å²) in [4.78, 5) is 3.87. The number of halogens is 1. The Morgan fingerprint density at radius 1 is 1.64 bits per heavy atom. The second-order valence-electron chi connectivity index (χ2n) is 2.26. The van der Waals surface area contributed by atoms with Gasteiger partial charge in [0.15, 0.2) is 6.67 Å². The molecule has 0 amide bonds. The maximum Gasteiger partial charge on any atom is 0.225 e. The fourth-order valence-corrected chi connectivity index (χ4v) is 0.808. The molecule has 1 heterocycles. The van der Waals surface area contributed by atoms with E-state index in [9.17, 15) is 4.39 Å². The predicted octanol–water partition coefficient (Wildman–Crippen LogP) is 1.04. The third-order valence-electron chi connectivity index (χ3n) is 1.35. The van der Waals surface area contributed by atoms with Crippen LogP contribution in [0.15, 0.2) is 10.7 Å². The van der Waals surface area contributed by atoms with Gasteiger partial charge >= 0.3 is 0 Å². The molecule has 0 radical (unpaired) electrons. The minimum atomic E-state index is -0.636. The summed E-state index contributed by atoms with van der Waals surface area (Å²) in [5, 5.41) is 0. The van der Waals surface area contributed by atoms with Crippen LogP contribution in [0, 0.1) is 0 Å². The number of alkyl halides is 1. The summed E-state index contributed by atoms with van der Waals surface area (Å²) >= 11 is 0. The molecule has 62 valence electrons. The molecule has 1 aromatic rings. The van der Waals surface area contributed by atoms with Crippen LogP contribution in [-0.2, 0) is 13.1 Å². The molecule has 0 unspecified atom stereocenters. The Hall–Kier alpha value is -0.900. The Morgan fingerprint density at radius 2 is 2.45 bits per heavy atom. The van der Waals surface area contributed by atoms with Gasteiger partial charge in [-0.05, 0) is 19.4 Å². The molecule has 0 saturated carbocycles. The van der Waals surface area contributed by atoms with Crippen LogP contribution in [0.3, 0.4) is 0 Å². The highest BCUT2D eigenvalue weighted by molar-refractivity contribution is 4.95. The lowest BCUT2D eigenvalue weighted by Gasteiger charge is -1.89. The predicted molar refractivity (Wildman–Crippen MR) is 38.7 cm³/mol. The van der Waals surface area contributed by atoms with Crippen molar-refractivity contribution in [3.05, 3.63) is 17.8 Å². The number of nitrogens with two attached hydrogens (primary N) is 1. The van der Waals surface area contributed by atoms with E-state index in [0.29, 0.717) is 6.54 Å². The van der Waals surface area contributed by atoms with Crippen LogP contribution in [0.5, 0.6) is 0 Å². The lowest BCUT2D eigenvalue weighted by molar-refractivity contribution is 0.380. The van der Waals surface area contributed by atoms with Gasteiger partial charge in [0.2, 0.25) is 5.89 Å². The van der Waals surface area contributed by atoms with Gasteiger partial charge in [0.1, 0.15) is 6.26 Å². The number of aromatic nitrogens is 1. The molecule has 1 rings (SSSR count). The molecule has 0 bridgehead atoms. The van der Waals surface area contributed by atoms with Crippen LogP contribution in [-0.4, -0.2) is 11.5 Å². The molecule has 0 aliphatic rings. The molecular weight excluding hydrogens is 147 g/mol. The SMILES string of the molecule is NCCCc1coc(CF)n1. The summed E-state index contributed by atoms with van der Waals surface area (Å²) in [6.07, 6.45) is 3.10. The Labute approximate surface area is 64.4 Å². The van der Waals surface area contributed by atoms with Crippen molar-refractivity contribution in [3.63, 3.8) is 0 Å². The van der Waals surface area contributed by atoms with E-state index in [2.05, 4.69) is 4.98 Å². The molecule has 11 heavy (non-hydrogen) atoms. The minimum absolute atomic E-state index is 0.150. The van der Waals surface area contributed by atoms with Gasteiger partial charge in [0.25, 0.3) is 0 Å². The Balaban J connectivity index is 2.44. The molecule has 1 aromatic heterocycles. The highest BCUT2D eigenvalue weighted by Crippen LogP contribution is 2.04. The first-order valence-electron chi connectivity index (χ1n) is 3.56. The van der Waals surface area contributed by atoms with Gasteiger partial charge in [-0.15, -0.1) is 0 Å². The average molecular weight is 158 g/mol. The van der Waals surface area contributed by atoms with Gasteiger partial charge < -0.3 is 10.2 Å². The smallest absolute Gasteiger partial charge is 0.225 e. The van der Waals surface area contributed by atoms with Crippen molar-refractivity contribution in [2.75, 3.05) is 6.54 Å². The molecule has 2 N–H and O–H groups in total. The molecule has 0 aliphatic carbocycles. The zero-order valence-electron chi connectivity index (χ0n) is 6.22. The normalized spacial score (nSPS) is 10.4.